The van der Waals surface area contributed by atoms with Gasteiger partial charge in [0.2, 0.25) is 0 Å². The lowest BCUT2D eigenvalue weighted by Gasteiger charge is -2.19. The van der Waals surface area contributed by atoms with E-state index in [9.17, 15) is 13.6 Å². The minimum absolute atomic E-state index is 0.0971. The minimum Gasteiger partial charge on any atom is -0.494 e. The molecule has 0 heterocycles. The van der Waals surface area contributed by atoms with Crippen LogP contribution in [0.5, 0.6) is 11.5 Å². The van der Waals surface area contributed by atoms with Crippen molar-refractivity contribution in [1.29, 1.82) is 0 Å². The molecule has 4 nitrogen and oxygen atoms in total. The van der Waals surface area contributed by atoms with Crippen molar-refractivity contribution < 1.29 is 23.0 Å². The van der Waals surface area contributed by atoms with E-state index in [4.69, 9.17) is 15.2 Å². The molecule has 0 saturated heterocycles. The maximum absolute atomic E-state index is 14.0. The van der Waals surface area contributed by atoms with E-state index in [0.29, 0.717) is 19.4 Å². The largest absolute Gasteiger partial charge is 0.494 e. The van der Waals surface area contributed by atoms with Gasteiger partial charge in [-0.1, -0.05) is 32.9 Å². The Kier molecular flexibility index (Phi) is 6.77. The van der Waals surface area contributed by atoms with E-state index in [1.807, 2.05) is 24.3 Å². The number of unbranched alkanes of at least 4 members (excludes halogenated alkanes) is 1. The lowest BCUT2D eigenvalue weighted by Crippen LogP contribution is -2.16. The fourth-order valence-electron chi connectivity index (χ4n) is 2.50. The zero-order valence-electron chi connectivity index (χ0n) is 15.9. The molecule has 2 rings (SSSR count). The predicted octanol–water partition coefficient (Wildman–Crippen LogP) is 4.60. The first kappa shape index (κ1) is 20.7. The highest BCUT2D eigenvalue weighted by Crippen LogP contribution is 2.25. The Bertz CT molecular complexity index is 783. The number of nitrogens with two attached hydrogens (primary N) is 1. The van der Waals surface area contributed by atoms with Crippen LogP contribution in [0.1, 0.15) is 49.5 Å². The molecule has 27 heavy (non-hydrogen) atoms. The number of carbonyl (C=O) groups is 1. The van der Waals surface area contributed by atoms with Gasteiger partial charge in [0, 0.05) is 0 Å². The first-order valence-electron chi connectivity index (χ1n) is 8.84. The Hall–Kier alpha value is -2.63. The summed E-state index contributed by atoms with van der Waals surface area (Å²) in [7, 11) is 0. The van der Waals surface area contributed by atoms with Crippen molar-refractivity contribution in [3.63, 3.8) is 0 Å². The maximum Gasteiger partial charge on any atom is 0.254 e. The van der Waals surface area contributed by atoms with Gasteiger partial charge < -0.3 is 15.2 Å². The second-order valence-corrected chi connectivity index (χ2v) is 7.28. The average molecular weight is 377 g/mol. The molecule has 2 aromatic rings. The number of ether oxygens (including phenoxy) is 2. The fourth-order valence-corrected chi connectivity index (χ4v) is 2.50. The van der Waals surface area contributed by atoms with Crippen LogP contribution in [0.3, 0.4) is 0 Å². The molecule has 146 valence electrons. The lowest BCUT2D eigenvalue weighted by molar-refractivity contribution is 0.0991. The van der Waals surface area contributed by atoms with E-state index >= 15 is 0 Å². The van der Waals surface area contributed by atoms with E-state index in [0.717, 1.165) is 17.9 Å². The Morgan fingerprint density at radius 3 is 2.11 bits per heavy atom. The minimum atomic E-state index is -1.17. The van der Waals surface area contributed by atoms with Gasteiger partial charge in [0.25, 0.3) is 5.91 Å². The monoisotopic (exact) mass is 377 g/mol. The van der Waals surface area contributed by atoms with Crippen LogP contribution in [-0.2, 0) is 5.41 Å². The molecule has 0 aliphatic rings. The highest BCUT2D eigenvalue weighted by Gasteiger charge is 2.19. The first-order chi connectivity index (χ1) is 12.7. The SMILES string of the molecule is CC(C)(C)c1ccc(OCCCCOc2ccc(F)c(C(N)=O)c2F)cc1. The van der Waals surface area contributed by atoms with Gasteiger partial charge in [-0.2, -0.15) is 0 Å². The summed E-state index contributed by atoms with van der Waals surface area (Å²) in [6.07, 6.45) is 1.31. The van der Waals surface area contributed by atoms with Crippen molar-refractivity contribution in [2.24, 2.45) is 5.73 Å². The van der Waals surface area contributed by atoms with Crippen molar-refractivity contribution in [3.05, 3.63) is 59.2 Å². The fraction of sp³-hybridized carbons (Fsp3) is 0.381. The zero-order valence-corrected chi connectivity index (χ0v) is 15.9. The third kappa shape index (κ3) is 5.67. The quantitative estimate of drug-likeness (QED) is 0.684. The summed E-state index contributed by atoms with van der Waals surface area (Å²) in [6.45, 7) is 7.17. The van der Waals surface area contributed by atoms with Crippen molar-refractivity contribution in [2.45, 2.75) is 39.0 Å². The van der Waals surface area contributed by atoms with Crippen LogP contribution in [0.15, 0.2) is 36.4 Å². The average Bonchev–Trinajstić information content (AvgIpc) is 2.59. The molecule has 0 bridgehead atoms. The van der Waals surface area contributed by atoms with Gasteiger partial charge in [0.05, 0.1) is 13.2 Å². The smallest absolute Gasteiger partial charge is 0.254 e. The van der Waals surface area contributed by atoms with E-state index in [-0.39, 0.29) is 17.8 Å². The second-order valence-electron chi connectivity index (χ2n) is 7.28. The number of rotatable bonds is 8. The van der Waals surface area contributed by atoms with E-state index in [1.54, 1.807) is 0 Å². The van der Waals surface area contributed by atoms with Crippen molar-refractivity contribution >= 4 is 5.91 Å². The van der Waals surface area contributed by atoms with Gasteiger partial charge in [-0.15, -0.1) is 0 Å². The molecule has 0 aliphatic carbocycles. The van der Waals surface area contributed by atoms with Crippen LogP contribution in [0.2, 0.25) is 0 Å². The van der Waals surface area contributed by atoms with Gasteiger partial charge in [0.1, 0.15) is 17.1 Å². The van der Waals surface area contributed by atoms with Crippen LogP contribution in [0, 0.1) is 11.6 Å². The standard InChI is InChI=1S/C21H25F2NO3/c1-21(2,3)14-6-8-15(9-7-14)26-12-4-5-13-27-17-11-10-16(22)18(19(17)23)20(24)25/h6-11H,4-5,12-13H2,1-3H3,(H2,24,25). The van der Waals surface area contributed by atoms with E-state index < -0.39 is 23.1 Å². The van der Waals surface area contributed by atoms with E-state index in [2.05, 4.69) is 20.8 Å². The zero-order chi connectivity index (χ0) is 20.0. The summed E-state index contributed by atoms with van der Waals surface area (Å²) in [6, 6.07) is 10.1. The van der Waals surface area contributed by atoms with Gasteiger partial charge >= 0.3 is 0 Å². The Morgan fingerprint density at radius 1 is 0.963 bits per heavy atom. The summed E-state index contributed by atoms with van der Waals surface area (Å²) >= 11 is 0. The molecular formula is C21H25F2NO3. The van der Waals surface area contributed by atoms with Crippen LogP contribution >= 0.6 is 0 Å². The van der Waals surface area contributed by atoms with Crippen LogP contribution < -0.4 is 15.2 Å². The molecule has 0 spiro atoms. The number of hydrogen-bond acceptors (Lipinski definition) is 3. The number of carbonyl (C=O) groups excluding carboxylic acids is 1. The third-order valence-corrected chi connectivity index (χ3v) is 4.09. The van der Waals surface area contributed by atoms with Crippen molar-refractivity contribution in [3.8, 4) is 11.5 Å². The van der Waals surface area contributed by atoms with Gasteiger partial charge in [0.15, 0.2) is 11.6 Å². The number of amides is 1. The van der Waals surface area contributed by atoms with Crippen molar-refractivity contribution in [1.82, 2.24) is 0 Å². The van der Waals surface area contributed by atoms with Gasteiger partial charge in [-0.25, -0.2) is 8.78 Å². The molecule has 0 aliphatic heterocycles. The molecule has 0 fully saturated rings. The normalized spacial score (nSPS) is 11.3. The molecule has 0 unspecified atom stereocenters. The van der Waals surface area contributed by atoms with E-state index in [1.165, 1.54) is 5.56 Å². The maximum atomic E-state index is 14.0. The highest BCUT2D eigenvalue weighted by molar-refractivity contribution is 5.93. The Labute approximate surface area is 158 Å². The predicted molar refractivity (Wildman–Crippen MR) is 100 cm³/mol. The Morgan fingerprint density at radius 2 is 1.56 bits per heavy atom. The summed E-state index contributed by atoms with van der Waals surface area (Å²) in [5.74, 6) is -2.64. The topological polar surface area (TPSA) is 61.6 Å². The molecule has 0 aromatic heterocycles. The number of benzene rings is 2. The number of hydrogen-bond donors (Lipinski definition) is 1. The van der Waals surface area contributed by atoms with Gasteiger partial charge in [-0.05, 0) is 48.1 Å². The summed E-state index contributed by atoms with van der Waals surface area (Å²) in [5, 5.41) is 0. The summed E-state index contributed by atoms with van der Waals surface area (Å²) in [5.41, 5.74) is 5.53. The molecule has 2 aromatic carbocycles. The van der Waals surface area contributed by atoms with Crippen LogP contribution in [0.4, 0.5) is 8.78 Å². The van der Waals surface area contributed by atoms with Gasteiger partial charge in [-0.3, -0.25) is 4.79 Å². The first-order valence-corrected chi connectivity index (χ1v) is 8.84. The van der Waals surface area contributed by atoms with Crippen LogP contribution in [-0.4, -0.2) is 19.1 Å². The molecule has 0 saturated carbocycles. The summed E-state index contributed by atoms with van der Waals surface area (Å²) in [4.78, 5) is 11.1. The molecule has 0 radical (unpaired) electrons. The second kappa shape index (κ2) is 8.84. The van der Waals surface area contributed by atoms with Crippen molar-refractivity contribution in [2.75, 3.05) is 13.2 Å². The third-order valence-electron chi connectivity index (χ3n) is 4.09. The molecule has 1 amide bonds. The molecular weight excluding hydrogens is 352 g/mol. The molecule has 0 atom stereocenters. The highest BCUT2D eigenvalue weighted by atomic mass is 19.1. The summed E-state index contributed by atoms with van der Waals surface area (Å²) < 4.78 is 38.4. The number of primary amides is 1. The lowest BCUT2D eigenvalue weighted by atomic mass is 9.87. The number of halogens is 2. The van der Waals surface area contributed by atoms with Crippen LogP contribution in [0.25, 0.3) is 0 Å². The molecule has 6 heteroatoms. The Balaban J connectivity index is 1.75. The molecule has 2 N–H and O–H groups in total.